The Bertz CT molecular complexity index is 1290. The highest BCUT2D eigenvalue weighted by atomic mass is 19.1. The van der Waals surface area contributed by atoms with Crippen molar-refractivity contribution in [1.82, 2.24) is 9.80 Å². The quantitative estimate of drug-likeness (QED) is 0.205. The van der Waals surface area contributed by atoms with Gasteiger partial charge in [0.25, 0.3) is 11.7 Å². The van der Waals surface area contributed by atoms with Crippen molar-refractivity contribution in [2.24, 2.45) is 0 Å². The fourth-order valence-electron chi connectivity index (χ4n) is 4.74. The van der Waals surface area contributed by atoms with E-state index in [-0.39, 0.29) is 16.9 Å². The van der Waals surface area contributed by atoms with Crippen molar-refractivity contribution >= 4 is 17.4 Å². The molecule has 1 N–H and O–H groups in total. The van der Waals surface area contributed by atoms with Crippen LogP contribution in [0.1, 0.15) is 43.0 Å². The molecule has 1 unspecified atom stereocenters. The zero-order valence-electron chi connectivity index (χ0n) is 21.8. The summed E-state index contributed by atoms with van der Waals surface area (Å²) in [6.07, 6.45) is 0.673. The Morgan fingerprint density at radius 2 is 1.68 bits per heavy atom. The first-order valence-corrected chi connectivity index (χ1v) is 13.0. The highest BCUT2D eigenvalue weighted by Gasteiger charge is 2.45. The minimum Gasteiger partial charge on any atom is -0.507 e. The molecular weight excluding hydrogens is 483 g/mol. The molecule has 1 fully saturated rings. The summed E-state index contributed by atoms with van der Waals surface area (Å²) >= 11 is 0. The summed E-state index contributed by atoms with van der Waals surface area (Å²) < 4.78 is 19.5. The lowest BCUT2D eigenvalue weighted by atomic mass is 9.95. The summed E-state index contributed by atoms with van der Waals surface area (Å²) in [7, 11) is 0. The summed E-state index contributed by atoms with van der Waals surface area (Å²) in [6.45, 7) is 7.44. The second-order valence-corrected chi connectivity index (χ2v) is 9.23. The Morgan fingerprint density at radius 3 is 2.37 bits per heavy atom. The number of nitrogens with zero attached hydrogens (tertiary/aromatic N) is 2. The number of likely N-dealkylation sites (tertiary alicyclic amines) is 1. The number of aliphatic hydroxyl groups is 1. The Kier molecular flexibility index (Phi) is 8.92. The van der Waals surface area contributed by atoms with Crippen LogP contribution in [0.5, 0.6) is 5.75 Å². The van der Waals surface area contributed by atoms with Crippen molar-refractivity contribution in [3.63, 3.8) is 0 Å². The van der Waals surface area contributed by atoms with Crippen LogP contribution in [-0.4, -0.2) is 52.8 Å². The smallest absolute Gasteiger partial charge is 0.295 e. The summed E-state index contributed by atoms with van der Waals surface area (Å²) in [4.78, 5) is 30.3. The molecule has 6 nitrogen and oxygen atoms in total. The Morgan fingerprint density at radius 1 is 0.974 bits per heavy atom. The van der Waals surface area contributed by atoms with Crippen LogP contribution < -0.4 is 4.74 Å². The minimum atomic E-state index is -0.794. The van der Waals surface area contributed by atoms with E-state index in [1.807, 2.05) is 48.5 Å². The van der Waals surface area contributed by atoms with Gasteiger partial charge in [0, 0.05) is 12.1 Å². The zero-order valence-corrected chi connectivity index (χ0v) is 21.8. The fraction of sp³-hybridized carbons (Fsp3) is 0.290. The molecule has 0 radical (unpaired) electrons. The summed E-state index contributed by atoms with van der Waals surface area (Å²) in [5, 5.41) is 11.2. The predicted octanol–water partition coefficient (Wildman–Crippen LogP) is 5.56. The van der Waals surface area contributed by atoms with Crippen molar-refractivity contribution in [2.45, 2.75) is 32.9 Å². The van der Waals surface area contributed by atoms with Gasteiger partial charge in [0.15, 0.2) is 0 Å². The predicted molar refractivity (Wildman–Crippen MR) is 145 cm³/mol. The van der Waals surface area contributed by atoms with Crippen LogP contribution in [-0.2, 0) is 16.2 Å². The molecule has 38 heavy (non-hydrogen) atoms. The van der Waals surface area contributed by atoms with Crippen LogP contribution in [0.25, 0.3) is 5.76 Å². The number of hydrogen-bond donors (Lipinski definition) is 1. The van der Waals surface area contributed by atoms with Gasteiger partial charge in [0.05, 0.1) is 11.6 Å². The Labute approximate surface area is 223 Å². The number of carbonyl (C=O) groups is 2. The van der Waals surface area contributed by atoms with E-state index in [9.17, 15) is 19.1 Å². The van der Waals surface area contributed by atoms with Crippen molar-refractivity contribution in [2.75, 3.05) is 26.2 Å². The molecule has 198 valence electrons. The number of ketones is 1. The normalized spacial score (nSPS) is 16.8. The van der Waals surface area contributed by atoms with Crippen LogP contribution in [0, 0.1) is 5.82 Å². The largest absolute Gasteiger partial charge is 0.507 e. The van der Waals surface area contributed by atoms with E-state index in [0.29, 0.717) is 30.9 Å². The number of aliphatic hydroxyl groups excluding tert-OH is 1. The molecule has 1 amide bonds. The third-order valence-corrected chi connectivity index (χ3v) is 6.85. The van der Waals surface area contributed by atoms with Crippen molar-refractivity contribution < 1.29 is 23.8 Å². The average Bonchev–Trinajstić information content (AvgIpc) is 3.20. The Hall–Kier alpha value is -3.97. The summed E-state index contributed by atoms with van der Waals surface area (Å²) in [5.41, 5.74) is 1.93. The molecular formula is C31H33FN2O4. The lowest BCUT2D eigenvalue weighted by Crippen LogP contribution is -2.33. The van der Waals surface area contributed by atoms with Crippen LogP contribution >= 0.6 is 0 Å². The average molecular weight is 517 g/mol. The SMILES string of the molecule is CCN(CC)CCCN1C(=O)C(=O)C(=C(O)c2ccc(F)cc2)C1c1cccc(OCc2ccccc2)c1. The van der Waals surface area contributed by atoms with Gasteiger partial charge in [0.2, 0.25) is 0 Å². The maximum atomic E-state index is 13.5. The molecule has 4 rings (SSSR count). The molecule has 3 aromatic carbocycles. The lowest BCUT2D eigenvalue weighted by Gasteiger charge is -2.27. The summed E-state index contributed by atoms with van der Waals surface area (Å²) in [5.74, 6) is -1.61. The second-order valence-electron chi connectivity index (χ2n) is 9.23. The highest BCUT2D eigenvalue weighted by molar-refractivity contribution is 6.46. The van der Waals surface area contributed by atoms with Gasteiger partial charge in [-0.25, -0.2) is 4.39 Å². The van der Waals surface area contributed by atoms with Gasteiger partial charge in [-0.05, 0) is 73.6 Å². The van der Waals surface area contributed by atoms with E-state index < -0.39 is 23.5 Å². The molecule has 0 spiro atoms. The number of Topliss-reactive ketones (excluding diaryl/α,β-unsaturated/α-hetero) is 1. The van der Waals surface area contributed by atoms with E-state index in [4.69, 9.17) is 4.74 Å². The number of rotatable bonds is 11. The molecule has 1 atom stereocenters. The Balaban J connectivity index is 1.69. The van der Waals surface area contributed by atoms with Gasteiger partial charge in [-0.3, -0.25) is 9.59 Å². The number of benzene rings is 3. The van der Waals surface area contributed by atoms with E-state index >= 15 is 0 Å². The van der Waals surface area contributed by atoms with Gasteiger partial charge < -0.3 is 19.6 Å². The van der Waals surface area contributed by atoms with E-state index in [1.165, 1.54) is 29.2 Å². The van der Waals surface area contributed by atoms with Crippen molar-refractivity contribution in [3.8, 4) is 5.75 Å². The minimum absolute atomic E-state index is 0.00958. The van der Waals surface area contributed by atoms with Crippen LogP contribution in [0.3, 0.4) is 0 Å². The number of halogens is 1. The second kappa shape index (κ2) is 12.5. The zero-order chi connectivity index (χ0) is 27.1. The van der Waals surface area contributed by atoms with Gasteiger partial charge in [-0.2, -0.15) is 0 Å². The van der Waals surface area contributed by atoms with Crippen LogP contribution in [0.4, 0.5) is 4.39 Å². The van der Waals surface area contributed by atoms with Crippen LogP contribution in [0.2, 0.25) is 0 Å². The van der Waals surface area contributed by atoms with E-state index in [2.05, 4.69) is 18.7 Å². The third-order valence-electron chi connectivity index (χ3n) is 6.85. The van der Waals surface area contributed by atoms with E-state index in [1.54, 1.807) is 6.07 Å². The lowest BCUT2D eigenvalue weighted by molar-refractivity contribution is -0.140. The first-order valence-electron chi connectivity index (χ1n) is 13.0. The first kappa shape index (κ1) is 27.1. The maximum Gasteiger partial charge on any atom is 0.295 e. The number of ether oxygens (including phenoxy) is 1. The molecule has 1 aliphatic rings. The molecule has 1 saturated heterocycles. The highest BCUT2D eigenvalue weighted by Crippen LogP contribution is 2.40. The standard InChI is InChI=1S/C31H33FN2O4/c1-3-33(4-2)18-9-19-34-28(24-12-8-13-26(20-24)38-21-22-10-6-5-7-11-22)27(30(36)31(34)37)29(35)23-14-16-25(32)17-15-23/h5-8,10-17,20,28,35H,3-4,9,18-19,21H2,1-2H3. The molecule has 7 heteroatoms. The monoisotopic (exact) mass is 516 g/mol. The molecule has 0 aromatic heterocycles. The van der Waals surface area contributed by atoms with Gasteiger partial charge in [0.1, 0.15) is 23.9 Å². The van der Waals surface area contributed by atoms with Crippen LogP contribution in [0.15, 0.2) is 84.4 Å². The molecule has 1 heterocycles. The van der Waals surface area contributed by atoms with Gasteiger partial charge in [-0.15, -0.1) is 0 Å². The van der Waals surface area contributed by atoms with Gasteiger partial charge in [-0.1, -0.05) is 56.3 Å². The number of carbonyl (C=O) groups excluding carboxylic acids is 2. The maximum absolute atomic E-state index is 13.5. The third kappa shape index (κ3) is 6.11. The van der Waals surface area contributed by atoms with Crippen molar-refractivity contribution in [3.05, 3.63) is 107 Å². The summed E-state index contributed by atoms with van der Waals surface area (Å²) in [6, 6.07) is 21.4. The molecule has 1 aliphatic heterocycles. The molecule has 3 aromatic rings. The van der Waals surface area contributed by atoms with E-state index in [0.717, 1.165) is 25.2 Å². The number of hydrogen-bond acceptors (Lipinski definition) is 5. The first-order chi connectivity index (χ1) is 18.4. The fourth-order valence-corrected chi connectivity index (χ4v) is 4.74. The van der Waals surface area contributed by atoms with Gasteiger partial charge >= 0.3 is 0 Å². The molecule has 0 aliphatic carbocycles. The van der Waals surface area contributed by atoms with Crippen molar-refractivity contribution in [1.29, 1.82) is 0 Å². The molecule has 0 saturated carbocycles. The topological polar surface area (TPSA) is 70.1 Å². The number of amides is 1. The molecule has 0 bridgehead atoms.